The molecule has 0 aliphatic carbocycles. The molecule has 0 saturated carbocycles. The molecule has 88 valence electrons. The van der Waals surface area contributed by atoms with E-state index in [4.69, 9.17) is 9.84 Å². The lowest BCUT2D eigenvalue weighted by Crippen LogP contribution is -2.05. The first-order valence-electron chi connectivity index (χ1n) is 5.72. The van der Waals surface area contributed by atoms with Crippen molar-refractivity contribution in [1.29, 1.82) is 0 Å². The molecule has 0 atom stereocenters. The number of aliphatic hydroxyl groups excluding tert-OH is 1. The third-order valence-corrected chi connectivity index (χ3v) is 2.28. The average Bonchev–Trinajstić information content (AvgIpc) is 2.27. The highest BCUT2D eigenvalue weighted by Crippen LogP contribution is 2.16. The molecule has 0 fully saturated rings. The fourth-order valence-electron chi connectivity index (χ4n) is 1.41. The van der Waals surface area contributed by atoms with Crippen LogP contribution in [0.1, 0.15) is 32.8 Å². The van der Waals surface area contributed by atoms with Crippen molar-refractivity contribution in [2.45, 2.75) is 33.3 Å². The van der Waals surface area contributed by atoms with E-state index < -0.39 is 0 Å². The van der Waals surface area contributed by atoms with Crippen LogP contribution in [0.2, 0.25) is 0 Å². The molecule has 0 aliphatic rings. The zero-order valence-corrected chi connectivity index (χ0v) is 10.2. The second kappa shape index (κ2) is 6.33. The minimum Gasteiger partial charge on any atom is -0.491 e. The van der Waals surface area contributed by atoms with E-state index in [-0.39, 0.29) is 12.7 Å². The van der Waals surface area contributed by atoms with Gasteiger partial charge in [0, 0.05) is 0 Å². The van der Waals surface area contributed by atoms with Crippen molar-refractivity contribution in [3.8, 4) is 5.75 Å². The number of benzene rings is 1. The van der Waals surface area contributed by atoms with Crippen molar-refractivity contribution in [2.24, 2.45) is 0 Å². The summed E-state index contributed by atoms with van der Waals surface area (Å²) in [6, 6.07) is 7.92. The van der Waals surface area contributed by atoms with Gasteiger partial charge < -0.3 is 9.84 Å². The SMILES string of the molecule is CCC(=Cc1ccc(OC(C)C)cc1)CO. The second-order valence-corrected chi connectivity index (χ2v) is 4.05. The van der Waals surface area contributed by atoms with Crippen LogP contribution in [0, 0.1) is 0 Å². The van der Waals surface area contributed by atoms with Gasteiger partial charge in [0.1, 0.15) is 5.75 Å². The minimum absolute atomic E-state index is 0.126. The highest BCUT2D eigenvalue weighted by Gasteiger charge is 1.97. The van der Waals surface area contributed by atoms with Crippen LogP contribution in [-0.4, -0.2) is 17.8 Å². The molecule has 0 saturated heterocycles. The standard InChI is InChI=1S/C14H20O2/c1-4-12(10-15)9-13-5-7-14(8-6-13)16-11(2)3/h5-9,11,15H,4,10H2,1-3H3. The third kappa shape index (κ3) is 4.07. The lowest BCUT2D eigenvalue weighted by atomic mass is 10.1. The largest absolute Gasteiger partial charge is 0.491 e. The van der Waals surface area contributed by atoms with Gasteiger partial charge in [-0.3, -0.25) is 0 Å². The Morgan fingerprint density at radius 3 is 2.38 bits per heavy atom. The second-order valence-electron chi connectivity index (χ2n) is 4.05. The van der Waals surface area contributed by atoms with Crippen molar-refractivity contribution in [3.05, 3.63) is 35.4 Å². The lowest BCUT2D eigenvalue weighted by Gasteiger charge is -2.09. The van der Waals surface area contributed by atoms with Crippen LogP contribution >= 0.6 is 0 Å². The Kier molecular flexibility index (Phi) is 5.06. The molecule has 0 radical (unpaired) electrons. The number of ether oxygens (including phenoxy) is 1. The van der Waals surface area contributed by atoms with Crippen LogP contribution in [0.5, 0.6) is 5.75 Å². The predicted molar refractivity (Wildman–Crippen MR) is 67.6 cm³/mol. The number of hydrogen-bond donors (Lipinski definition) is 1. The van der Waals surface area contributed by atoms with Gasteiger partial charge in [-0.2, -0.15) is 0 Å². The number of aliphatic hydroxyl groups is 1. The Labute approximate surface area is 97.6 Å². The Morgan fingerprint density at radius 2 is 1.94 bits per heavy atom. The van der Waals surface area contributed by atoms with Crippen molar-refractivity contribution in [3.63, 3.8) is 0 Å². The van der Waals surface area contributed by atoms with Crippen LogP contribution in [0.4, 0.5) is 0 Å². The van der Waals surface area contributed by atoms with Crippen molar-refractivity contribution in [2.75, 3.05) is 6.61 Å². The summed E-state index contributed by atoms with van der Waals surface area (Å²) in [5.41, 5.74) is 2.14. The number of hydrogen-bond acceptors (Lipinski definition) is 2. The Hall–Kier alpha value is -1.28. The summed E-state index contributed by atoms with van der Waals surface area (Å²) in [5.74, 6) is 0.884. The first-order valence-corrected chi connectivity index (χ1v) is 5.72. The summed E-state index contributed by atoms with van der Waals surface area (Å²) in [4.78, 5) is 0. The molecule has 1 aromatic rings. The molecule has 2 nitrogen and oxygen atoms in total. The Bertz CT molecular complexity index is 330. The molecule has 0 aromatic heterocycles. The molecule has 1 aromatic carbocycles. The smallest absolute Gasteiger partial charge is 0.119 e. The lowest BCUT2D eigenvalue weighted by molar-refractivity contribution is 0.242. The van der Waals surface area contributed by atoms with E-state index in [1.165, 1.54) is 0 Å². The van der Waals surface area contributed by atoms with Gasteiger partial charge >= 0.3 is 0 Å². The predicted octanol–water partition coefficient (Wildman–Crippen LogP) is 3.26. The first-order chi connectivity index (χ1) is 7.65. The first kappa shape index (κ1) is 12.8. The Balaban J connectivity index is 2.74. The molecule has 16 heavy (non-hydrogen) atoms. The van der Waals surface area contributed by atoms with E-state index in [9.17, 15) is 0 Å². The van der Waals surface area contributed by atoms with E-state index in [1.807, 2.05) is 51.1 Å². The molecule has 1 rings (SSSR count). The monoisotopic (exact) mass is 220 g/mol. The van der Waals surface area contributed by atoms with Gasteiger partial charge in [-0.05, 0) is 43.5 Å². The summed E-state index contributed by atoms with van der Waals surface area (Å²) in [5, 5.41) is 9.07. The van der Waals surface area contributed by atoms with Crippen LogP contribution in [0.15, 0.2) is 29.8 Å². The van der Waals surface area contributed by atoms with Crippen molar-refractivity contribution >= 4 is 6.08 Å². The van der Waals surface area contributed by atoms with Crippen LogP contribution in [-0.2, 0) is 0 Å². The fraction of sp³-hybridized carbons (Fsp3) is 0.429. The molecule has 2 heteroatoms. The normalized spacial score (nSPS) is 11.9. The summed E-state index contributed by atoms with van der Waals surface area (Å²) in [7, 11) is 0. The molecule has 0 aliphatic heterocycles. The van der Waals surface area contributed by atoms with Gasteiger partial charge in [-0.1, -0.05) is 25.1 Å². The highest BCUT2D eigenvalue weighted by molar-refractivity contribution is 5.54. The van der Waals surface area contributed by atoms with Gasteiger partial charge in [0.05, 0.1) is 12.7 Å². The topological polar surface area (TPSA) is 29.5 Å². The summed E-state index contributed by atoms with van der Waals surface area (Å²) >= 11 is 0. The zero-order chi connectivity index (χ0) is 12.0. The summed E-state index contributed by atoms with van der Waals surface area (Å²) in [6.07, 6.45) is 3.09. The molecule has 1 N–H and O–H groups in total. The van der Waals surface area contributed by atoms with E-state index in [1.54, 1.807) is 0 Å². The van der Waals surface area contributed by atoms with E-state index in [0.717, 1.165) is 23.3 Å². The quantitative estimate of drug-likeness (QED) is 0.825. The average molecular weight is 220 g/mol. The fourth-order valence-corrected chi connectivity index (χ4v) is 1.41. The molecular formula is C14H20O2. The molecule has 0 unspecified atom stereocenters. The third-order valence-electron chi connectivity index (χ3n) is 2.28. The van der Waals surface area contributed by atoms with E-state index in [2.05, 4.69) is 0 Å². The maximum absolute atomic E-state index is 9.07. The van der Waals surface area contributed by atoms with Gasteiger partial charge in [-0.15, -0.1) is 0 Å². The minimum atomic E-state index is 0.126. The van der Waals surface area contributed by atoms with Gasteiger partial charge in [0.2, 0.25) is 0 Å². The van der Waals surface area contributed by atoms with Gasteiger partial charge in [0.25, 0.3) is 0 Å². The van der Waals surface area contributed by atoms with E-state index in [0.29, 0.717) is 0 Å². The number of rotatable bonds is 5. The van der Waals surface area contributed by atoms with Crippen LogP contribution in [0.3, 0.4) is 0 Å². The molecule has 0 heterocycles. The molecule has 0 spiro atoms. The van der Waals surface area contributed by atoms with Crippen LogP contribution < -0.4 is 4.74 Å². The van der Waals surface area contributed by atoms with E-state index >= 15 is 0 Å². The van der Waals surface area contributed by atoms with Crippen molar-refractivity contribution in [1.82, 2.24) is 0 Å². The summed E-state index contributed by atoms with van der Waals surface area (Å²) < 4.78 is 5.56. The maximum atomic E-state index is 9.07. The molecule has 0 bridgehead atoms. The van der Waals surface area contributed by atoms with Crippen molar-refractivity contribution < 1.29 is 9.84 Å². The Morgan fingerprint density at radius 1 is 1.31 bits per heavy atom. The summed E-state index contributed by atoms with van der Waals surface area (Å²) in [6.45, 7) is 6.18. The van der Waals surface area contributed by atoms with Gasteiger partial charge in [-0.25, -0.2) is 0 Å². The van der Waals surface area contributed by atoms with Gasteiger partial charge in [0.15, 0.2) is 0 Å². The van der Waals surface area contributed by atoms with Crippen LogP contribution in [0.25, 0.3) is 6.08 Å². The molecule has 0 amide bonds. The maximum Gasteiger partial charge on any atom is 0.119 e. The molecular weight excluding hydrogens is 200 g/mol. The highest BCUT2D eigenvalue weighted by atomic mass is 16.5. The zero-order valence-electron chi connectivity index (χ0n) is 10.2.